The topological polar surface area (TPSA) is 73.5 Å². The van der Waals surface area contributed by atoms with Crippen LogP contribution in [0.15, 0.2) is 79.1 Å². The van der Waals surface area contributed by atoms with Gasteiger partial charge in [0.2, 0.25) is 0 Å². The van der Waals surface area contributed by atoms with Crippen molar-refractivity contribution in [1.82, 2.24) is 19.2 Å². The van der Waals surface area contributed by atoms with Gasteiger partial charge in [-0.1, -0.05) is 6.07 Å². The van der Waals surface area contributed by atoms with Crippen LogP contribution in [0.1, 0.15) is 10.5 Å². The number of hydrogen-bond donors (Lipinski definition) is 1. The first-order chi connectivity index (χ1) is 16.0. The predicted molar refractivity (Wildman–Crippen MR) is 124 cm³/mol. The Bertz CT molecular complexity index is 1440. The molecule has 1 N–H and O–H groups in total. The SMILES string of the molecule is COc1ccc(-c2cn3ccccc3n2)cc1NC(=O)c1cc(-c2ccc(F)cc2)nn1C. The highest BCUT2D eigenvalue weighted by molar-refractivity contribution is 6.04. The molecule has 33 heavy (non-hydrogen) atoms. The van der Waals surface area contributed by atoms with Gasteiger partial charge >= 0.3 is 0 Å². The van der Waals surface area contributed by atoms with E-state index in [0.717, 1.165) is 22.5 Å². The Morgan fingerprint density at radius 2 is 1.79 bits per heavy atom. The Balaban J connectivity index is 1.45. The molecule has 164 valence electrons. The van der Waals surface area contributed by atoms with E-state index in [2.05, 4.69) is 15.4 Å². The van der Waals surface area contributed by atoms with E-state index >= 15 is 0 Å². The van der Waals surface area contributed by atoms with Crippen LogP contribution in [0.5, 0.6) is 5.75 Å². The Kier molecular flexibility index (Phi) is 5.10. The molecule has 0 bridgehead atoms. The number of fused-ring (bicyclic) bond motifs is 1. The molecule has 0 atom stereocenters. The minimum atomic E-state index is -0.344. The van der Waals surface area contributed by atoms with Crippen molar-refractivity contribution in [2.24, 2.45) is 7.05 Å². The van der Waals surface area contributed by atoms with Crippen molar-refractivity contribution >= 4 is 17.2 Å². The van der Waals surface area contributed by atoms with Gasteiger partial charge in [0.05, 0.1) is 24.2 Å². The summed E-state index contributed by atoms with van der Waals surface area (Å²) in [5.41, 5.74) is 4.61. The van der Waals surface area contributed by atoms with E-state index in [0.29, 0.717) is 22.8 Å². The van der Waals surface area contributed by atoms with Gasteiger partial charge in [0.1, 0.15) is 22.9 Å². The number of imidazole rings is 1. The first-order valence-electron chi connectivity index (χ1n) is 10.3. The van der Waals surface area contributed by atoms with Crippen LogP contribution in [0.25, 0.3) is 28.2 Å². The Labute approximate surface area is 189 Å². The quantitative estimate of drug-likeness (QED) is 0.425. The molecule has 1 amide bonds. The van der Waals surface area contributed by atoms with Gasteiger partial charge in [-0.2, -0.15) is 5.10 Å². The number of anilines is 1. The van der Waals surface area contributed by atoms with Crippen molar-refractivity contribution in [3.05, 3.63) is 90.6 Å². The van der Waals surface area contributed by atoms with Gasteiger partial charge in [-0.05, 0) is 60.7 Å². The van der Waals surface area contributed by atoms with E-state index in [1.807, 2.05) is 47.1 Å². The van der Waals surface area contributed by atoms with Crippen LogP contribution in [0.2, 0.25) is 0 Å². The summed E-state index contributed by atoms with van der Waals surface area (Å²) in [5.74, 6) is -0.147. The molecule has 8 heteroatoms. The van der Waals surface area contributed by atoms with Crippen LogP contribution in [-0.4, -0.2) is 32.2 Å². The highest BCUT2D eigenvalue weighted by atomic mass is 19.1. The number of nitrogens with zero attached hydrogens (tertiary/aromatic N) is 4. The summed E-state index contributed by atoms with van der Waals surface area (Å²) >= 11 is 0. The van der Waals surface area contributed by atoms with Crippen LogP contribution in [0.4, 0.5) is 10.1 Å². The summed E-state index contributed by atoms with van der Waals surface area (Å²) in [5, 5.41) is 7.31. The van der Waals surface area contributed by atoms with Crippen LogP contribution < -0.4 is 10.1 Å². The minimum absolute atomic E-state index is 0.328. The molecule has 5 aromatic rings. The number of rotatable bonds is 5. The molecule has 0 saturated carbocycles. The van der Waals surface area contributed by atoms with Gasteiger partial charge in [0, 0.05) is 30.6 Å². The number of hydrogen-bond acceptors (Lipinski definition) is 4. The van der Waals surface area contributed by atoms with Crippen LogP contribution >= 0.6 is 0 Å². The first-order valence-corrected chi connectivity index (χ1v) is 10.3. The van der Waals surface area contributed by atoms with E-state index in [1.54, 1.807) is 38.4 Å². The maximum atomic E-state index is 13.2. The fourth-order valence-corrected chi connectivity index (χ4v) is 3.67. The third kappa shape index (κ3) is 3.94. The molecule has 0 aliphatic heterocycles. The molecule has 5 rings (SSSR count). The normalized spacial score (nSPS) is 11.0. The summed E-state index contributed by atoms with van der Waals surface area (Å²) in [6.45, 7) is 0. The maximum absolute atomic E-state index is 13.2. The number of ether oxygens (including phenoxy) is 1. The summed E-state index contributed by atoms with van der Waals surface area (Å²) in [4.78, 5) is 17.7. The molecular weight excluding hydrogens is 421 g/mol. The largest absolute Gasteiger partial charge is 0.495 e. The van der Waals surface area contributed by atoms with Crippen molar-refractivity contribution in [3.63, 3.8) is 0 Å². The number of aryl methyl sites for hydroxylation is 1. The molecule has 3 heterocycles. The number of aromatic nitrogens is 4. The van der Waals surface area contributed by atoms with E-state index < -0.39 is 0 Å². The number of benzene rings is 2. The number of carbonyl (C=O) groups is 1. The summed E-state index contributed by atoms with van der Waals surface area (Å²) in [6.07, 6.45) is 3.86. The minimum Gasteiger partial charge on any atom is -0.495 e. The molecule has 0 fully saturated rings. The zero-order valence-corrected chi connectivity index (χ0v) is 18.0. The molecule has 3 aromatic heterocycles. The number of amides is 1. The van der Waals surface area contributed by atoms with E-state index in [9.17, 15) is 9.18 Å². The van der Waals surface area contributed by atoms with Gasteiger partial charge in [-0.25, -0.2) is 9.37 Å². The second kappa shape index (κ2) is 8.23. The first kappa shape index (κ1) is 20.4. The fraction of sp³-hybridized carbons (Fsp3) is 0.0800. The molecule has 0 aliphatic carbocycles. The lowest BCUT2D eigenvalue weighted by atomic mass is 10.1. The molecule has 2 aromatic carbocycles. The number of pyridine rings is 1. The molecule has 7 nitrogen and oxygen atoms in total. The molecule has 0 radical (unpaired) electrons. The zero-order chi connectivity index (χ0) is 22.9. The standard InChI is InChI=1S/C25H20FN5O2/c1-30-22(14-19(29-30)16-6-9-18(26)10-7-16)25(32)28-20-13-17(8-11-23(20)33-2)21-15-31-12-4-3-5-24(31)27-21/h3-15H,1-2H3,(H,28,32). The summed E-state index contributed by atoms with van der Waals surface area (Å²) < 4.78 is 22.1. The van der Waals surface area contributed by atoms with Crippen LogP contribution in [0, 0.1) is 5.82 Å². The average molecular weight is 441 g/mol. The van der Waals surface area contributed by atoms with Crippen molar-refractivity contribution < 1.29 is 13.9 Å². The summed E-state index contributed by atoms with van der Waals surface area (Å²) in [7, 11) is 3.23. The maximum Gasteiger partial charge on any atom is 0.274 e. The monoisotopic (exact) mass is 441 g/mol. The lowest BCUT2D eigenvalue weighted by molar-refractivity contribution is 0.101. The van der Waals surface area contributed by atoms with Crippen LogP contribution in [0.3, 0.4) is 0 Å². The van der Waals surface area contributed by atoms with E-state index in [1.165, 1.54) is 16.8 Å². The Morgan fingerprint density at radius 3 is 2.55 bits per heavy atom. The lowest BCUT2D eigenvalue weighted by Crippen LogP contribution is -2.16. The smallest absolute Gasteiger partial charge is 0.274 e. The second-order valence-electron chi connectivity index (χ2n) is 7.51. The molecule has 0 saturated heterocycles. The van der Waals surface area contributed by atoms with Gasteiger partial charge < -0.3 is 14.5 Å². The summed E-state index contributed by atoms with van der Waals surface area (Å²) in [6, 6.07) is 19.0. The van der Waals surface area contributed by atoms with Crippen LogP contribution in [-0.2, 0) is 7.05 Å². The van der Waals surface area contributed by atoms with Gasteiger partial charge in [-0.15, -0.1) is 0 Å². The number of nitrogens with one attached hydrogen (secondary N) is 1. The van der Waals surface area contributed by atoms with Crippen molar-refractivity contribution in [2.75, 3.05) is 12.4 Å². The van der Waals surface area contributed by atoms with Gasteiger partial charge in [0.15, 0.2) is 0 Å². The Hall–Kier alpha value is -4.46. The molecule has 0 spiro atoms. The fourth-order valence-electron chi connectivity index (χ4n) is 3.67. The van der Waals surface area contributed by atoms with Crippen molar-refractivity contribution in [1.29, 1.82) is 0 Å². The number of halogens is 1. The van der Waals surface area contributed by atoms with Crippen molar-refractivity contribution in [2.45, 2.75) is 0 Å². The van der Waals surface area contributed by atoms with E-state index in [-0.39, 0.29) is 11.7 Å². The molecule has 0 unspecified atom stereocenters. The molecular formula is C25H20FN5O2. The van der Waals surface area contributed by atoms with Crippen molar-refractivity contribution in [3.8, 4) is 28.3 Å². The lowest BCUT2D eigenvalue weighted by Gasteiger charge is -2.11. The van der Waals surface area contributed by atoms with Gasteiger partial charge in [0.25, 0.3) is 5.91 Å². The Morgan fingerprint density at radius 1 is 1.00 bits per heavy atom. The second-order valence-corrected chi connectivity index (χ2v) is 7.51. The van der Waals surface area contributed by atoms with Gasteiger partial charge in [-0.3, -0.25) is 9.48 Å². The molecule has 0 aliphatic rings. The third-order valence-corrected chi connectivity index (χ3v) is 5.36. The number of carbonyl (C=O) groups excluding carboxylic acids is 1. The average Bonchev–Trinajstić information content (AvgIpc) is 3.43. The third-order valence-electron chi connectivity index (χ3n) is 5.36. The van der Waals surface area contributed by atoms with E-state index in [4.69, 9.17) is 4.74 Å². The number of methoxy groups -OCH3 is 1. The highest BCUT2D eigenvalue weighted by Crippen LogP contribution is 2.31. The zero-order valence-electron chi connectivity index (χ0n) is 18.0. The predicted octanol–water partition coefficient (Wildman–Crippen LogP) is 4.80. The highest BCUT2D eigenvalue weighted by Gasteiger charge is 2.17.